The van der Waals surface area contributed by atoms with Crippen LogP contribution in [-0.4, -0.2) is 74.5 Å². The van der Waals surface area contributed by atoms with Gasteiger partial charge in [-0.2, -0.15) is 0 Å². The van der Waals surface area contributed by atoms with Crippen molar-refractivity contribution in [3.63, 3.8) is 0 Å². The van der Waals surface area contributed by atoms with Gasteiger partial charge in [0.15, 0.2) is 11.1 Å². The maximum Gasteiger partial charge on any atom is 0.191 e. The zero-order valence-electron chi connectivity index (χ0n) is 14.5. The molecule has 1 unspecified atom stereocenters. The fourth-order valence-electron chi connectivity index (χ4n) is 2.95. The first kappa shape index (κ1) is 20.7. The molecule has 0 amide bonds. The summed E-state index contributed by atoms with van der Waals surface area (Å²) >= 11 is 1.68. The van der Waals surface area contributed by atoms with Gasteiger partial charge in [0.2, 0.25) is 0 Å². The molecule has 25 heavy (non-hydrogen) atoms. The second kappa shape index (κ2) is 11.1. The second-order valence-electron chi connectivity index (χ2n) is 6.09. The molecule has 142 valence electrons. The van der Waals surface area contributed by atoms with Gasteiger partial charge in [0.1, 0.15) is 0 Å². The maximum absolute atomic E-state index is 6.11. The molecule has 2 aliphatic rings. The van der Waals surface area contributed by atoms with E-state index < -0.39 is 0 Å². The van der Waals surface area contributed by atoms with E-state index in [4.69, 9.17) is 15.2 Å². The van der Waals surface area contributed by atoms with Crippen LogP contribution < -0.4 is 10.6 Å². The highest BCUT2D eigenvalue weighted by atomic mass is 127. The highest BCUT2D eigenvalue weighted by Crippen LogP contribution is 2.18. The van der Waals surface area contributed by atoms with Gasteiger partial charge < -0.3 is 25.0 Å². The summed E-state index contributed by atoms with van der Waals surface area (Å²) in [6, 6.07) is 0. The SMILES string of the molecule is I.NC(=NCCCOCC1CCCO1)N1CCN(c2nccs2)CC1. The monoisotopic (exact) mass is 481 g/mol. The molecule has 2 N–H and O–H groups in total. The lowest BCUT2D eigenvalue weighted by molar-refractivity contribution is 0.0170. The average Bonchev–Trinajstić information content (AvgIpc) is 3.31. The number of halogens is 1. The Balaban J connectivity index is 0.00000225. The molecule has 1 atom stereocenters. The molecule has 2 fully saturated rings. The van der Waals surface area contributed by atoms with Crippen LogP contribution in [0.1, 0.15) is 19.3 Å². The van der Waals surface area contributed by atoms with Crippen molar-refractivity contribution < 1.29 is 9.47 Å². The lowest BCUT2D eigenvalue weighted by Gasteiger charge is -2.35. The molecule has 0 spiro atoms. The number of thiazole rings is 1. The van der Waals surface area contributed by atoms with Crippen molar-refractivity contribution in [3.8, 4) is 0 Å². The summed E-state index contributed by atoms with van der Waals surface area (Å²) in [7, 11) is 0. The third-order valence-electron chi connectivity index (χ3n) is 4.34. The Bertz CT molecular complexity index is 503. The first-order valence-electron chi connectivity index (χ1n) is 8.71. The van der Waals surface area contributed by atoms with Gasteiger partial charge in [-0.25, -0.2) is 4.98 Å². The van der Waals surface area contributed by atoms with Crippen LogP contribution >= 0.6 is 35.3 Å². The normalized spacial score (nSPS) is 21.4. The molecule has 0 aliphatic carbocycles. The van der Waals surface area contributed by atoms with Gasteiger partial charge in [0, 0.05) is 57.5 Å². The molecule has 1 aromatic heterocycles. The van der Waals surface area contributed by atoms with Crippen molar-refractivity contribution in [2.45, 2.75) is 25.4 Å². The van der Waals surface area contributed by atoms with E-state index in [0.29, 0.717) is 31.8 Å². The number of nitrogens with zero attached hydrogens (tertiary/aromatic N) is 4. The van der Waals surface area contributed by atoms with E-state index in [-0.39, 0.29) is 24.0 Å². The summed E-state index contributed by atoms with van der Waals surface area (Å²) in [6.07, 6.45) is 5.32. The summed E-state index contributed by atoms with van der Waals surface area (Å²) in [6.45, 7) is 6.68. The van der Waals surface area contributed by atoms with Crippen molar-refractivity contribution in [1.82, 2.24) is 9.88 Å². The Kier molecular flexibility index (Phi) is 9.21. The molecule has 1 aromatic rings. The van der Waals surface area contributed by atoms with Gasteiger partial charge in [-0.3, -0.25) is 4.99 Å². The van der Waals surface area contributed by atoms with E-state index in [2.05, 4.69) is 19.8 Å². The zero-order valence-corrected chi connectivity index (χ0v) is 17.7. The third-order valence-corrected chi connectivity index (χ3v) is 5.17. The Morgan fingerprint density at radius 2 is 2.24 bits per heavy atom. The predicted molar refractivity (Wildman–Crippen MR) is 112 cm³/mol. The number of anilines is 1. The highest BCUT2D eigenvalue weighted by Gasteiger charge is 2.19. The van der Waals surface area contributed by atoms with E-state index in [1.54, 1.807) is 11.3 Å². The van der Waals surface area contributed by atoms with Crippen molar-refractivity contribution in [2.75, 3.05) is 57.4 Å². The number of guanidine groups is 1. The summed E-state index contributed by atoms with van der Waals surface area (Å²) in [5.41, 5.74) is 6.11. The van der Waals surface area contributed by atoms with Crippen LogP contribution in [0.5, 0.6) is 0 Å². The summed E-state index contributed by atoms with van der Waals surface area (Å²) in [4.78, 5) is 13.3. The first-order valence-corrected chi connectivity index (χ1v) is 9.59. The minimum atomic E-state index is 0. The number of nitrogens with two attached hydrogens (primary N) is 1. The van der Waals surface area contributed by atoms with Crippen molar-refractivity contribution in [1.29, 1.82) is 0 Å². The Labute approximate surface area is 170 Å². The van der Waals surface area contributed by atoms with Crippen LogP contribution in [0.3, 0.4) is 0 Å². The number of hydrogen-bond acceptors (Lipinski definition) is 6. The van der Waals surface area contributed by atoms with Crippen LogP contribution in [0.2, 0.25) is 0 Å². The lowest BCUT2D eigenvalue weighted by Crippen LogP contribution is -2.51. The quantitative estimate of drug-likeness (QED) is 0.277. The van der Waals surface area contributed by atoms with Crippen LogP contribution in [0, 0.1) is 0 Å². The lowest BCUT2D eigenvalue weighted by atomic mass is 10.2. The Morgan fingerprint density at radius 3 is 2.92 bits per heavy atom. The number of rotatable bonds is 7. The van der Waals surface area contributed by atoms with Gasteiger partial charge in [0.25, 0.3) is 0 Å². The highest BCUT2D eigenvalue weighted by molar-refractivity contribution is 14.0. The van der Waals surface area contributed by atoms with Gasteiger partial charge >= 0.3 is 0 Å². The van der Waals surface area contributed by atoms with E-state index in [9.17, 15) is 0 Å². The van der Waals surface area contributed by atoms with Gasteiger partial charge in [-0.1, -0.05) is 0 Å². The topological polar surface area (TPSA) is 76.2 Å². The average molecular weight is 481 g/mol. The number of aliphatic imine (C=N–C) groups is 1. The van der Waals surface area contributed by atoms with E-state index in [1.165, 1.54) is 0 Å². The summed E-state index contributed by atoms with van der Waals surface area (Å²) in [5.74, 6) is 0.646. The summed E-state index contributed by atoms with van der Waals surface area (Å²) < 4.78 is 11.2. The van der Waals surface area contributed by atoms with Crippen LogP contribution in [-0.2, 0) is 9.47 Å². The first-order chi connectivity index (χ1) is 11.8. The number of aromatic nitrogens is 1. The minimum Gasteiger partial charge on any atom is -0.379 e. The van der Waals surface area contributed by atoms with E-state index in [1.807, 2.05) is 11.6 Å². The second-order valence-corrected chi connectivity index (χ2v) is 6.97. The van der Waals surface area contributed by atoms with E-state index in [0.717, 1.165) is 57.2 Å². The fourth-order valence-corrected chi connectivity index (χ4v) is 3.65. The molecule has 0 saturated carbocycles. The molecule has 2 saturated heterocycles. The Hall–Kier alpha value is -0.650. The Morgan fingerprint density at radius 1 is 1.40 bits per heavy atom. The molecule has 3 rings (SSSR count). The van der Waals surface area contributed by atoms with Crippen LogP contribution in [0.25, 0.3) is 0 Å². The minimum absolute atomic E-state index is 0. The van der Waals surface area contributed by atoms with Crippen molar-refractivity contribution in [2.24, 2.45) is 10.7 Å². The number of ether oxygens (including phenoxy) is 2. The van der Waals surface area contributed by atoms with Crippen LogP contribution in [0.15, 0.2) is 16.6 Å². The molecule has 3 heterocycles. The zero-order chi connectivity index (χ0) is 16.6. The molecule has 0 aromatic carbocycles. The van der Waals surface area contributed by atoms with E-state index >= 15 is 0 Å². The third kappa shape index (κ3) is 6.54. The van der Waals surface area contributed by atoms with Crippen LogP contribution in [0.4, 0.5) is 5.13 Å². The maximum atomic E-state index is 6.11. The molecule has 9 heteroatoms. The standard InChI is InChI=1S/C16H27N5O2S.HI/c17-15(18-4-2-10-22-13-14-3-1-11-23-14)20-6-8-21(9-7-20)16-19-5-12-24-16;/h5,12,14H,1-4,6-11,13H2,(H2,17,18);1H. The number of piperazine rings is 1. The largest absolute Gasteiger partial charge is 0.379 e. The molecule has 7 nitrogen and oxygen atoms in total. The smallest absolute Gasteiger partial charge is 0.191 e. The fraction of sp³-hybridized carbons (Fsp3) is 0.750. The molecular weight excluding hydrogens is 453 g/mol. The van der Waals surface area contributed by atoms with Crippen molar-refractivity contribution in [3.05, 3.63) is 11.6 Å². The van der Waals surface area contributed by atoms with Gasteiger partial charge in [-0.05, 0) is 19.3 Å². The summed E-state index contributed by atoms with van der Waals surface area (Å²) in [5, 5.41) is 3.10. The van der Waals surface area contributed by atoms with Gasteiger partial charge in [0.05, 0.1) is 12.7 Å². The molecule has 0 bridgehead atoms. The van der Waals surface area contributed by atoms with Gasteiger partial charge in [-0.15, -0.1) is 35.3 Å². The molecular formula is C16H28IN5O2S. The molecule has 2 aliphatic heterocycles. The van der Waals surface area contributed by atoms with Crippen molar-refractivity contribution >= 4 is 46.4 Å². The number of hydrogen-bond donors (Lipinski definition) is 1. The molecule has 0 radical (unpaired) electrons. The predicted octanol–water partition coefficient (Wildman–Crippen LogP) is 1.78.